The number of ether oxygens (including phenoxy) is 1. The standard InChI is InChI=1S/C23H29N5O2/c1-17(2)16-28-21-7-5-4-6-20(21)25-22(28)26-12-14-27(15-13-26)23(29)24-18-8-10-19(30-3)11-9-18/h4-11,17H,12-16H2,1-3H3,(H,24,29). The molecule has 1 fully saturated rings. The van der Waals surface area contributed by atoms with Gasteiger partial charge in [-0.05, 0) is 42.3 Å². The summed E-state index contributed by atoms with van der Waals surface area (Å²) in [6.45, 7) is 8.21. The van der Waals surface area contributed by atoms with Gasteiger partial charge in [0.15, 0.2) is 0 Å². The quantitative estimate of drug-likeness (QED) is 0.693. The van der Waals surface area contributed by atoms with Crippen LogP contribution in [0.4, 0.5) is 16.4 Å². The number of benzene rings is 2. The Balaban J connectivity index is 1.43. The Bertz CT molecular complexity index is 1000. The summed E-state index contributed by atoms with van der Waals surface area (Å²) in [6.07, 6.45) is 0. The molecule has 0 bridgehead atoms. The smallest absolute Gasteiger partial charge is 0.321 e. The highest BCUT2D eigenvalue weighted by Crippen LogP contribution is 2.25. The van der Waals surface area contributed by atoms with Gasteiger partial charge in [0.1, 0.15) is 5.75 Å². The van der Waals surface area contributed by atoms with Gasteiger partial charge < -0.3 is 24.4 Å². The van der Waals surface area contributed by atoms with Gasteiger partial charge in [-0.15, -0.1) is 0 Å². The molecule has 4 rings (SSSR count). The molecular formula is C23H29N5O2. The predicted molar refractivity (Wildman–Crippen MR) is 120 cm³/mol. The Labute approximate surface area is 177 Å². The second-order valence-corrected chi connectivity index (χ2v) is 8.04. The van der Waals surface area contributed by atoms with Crippen LogP contribution >= 0.6 is 0 Å². The lowest BCUT2D eigenvalue weighted by Gasteiger charge is -2.35. The highest BCUT2D eigenvalue weighted by Gasteiger charge is 2.25. The third kappa shape index (κ3) is 4.20. The molecule has 0 atom stereocenters. The summed E-state index contributed by atoms with van der Waals surface area (Å²) in [5.74, 6) is 2.30. The molecule has 30 heavy (non-hydrogen) atoms. The van der Waals surface area contributed by atoms with Crippen molar-refractivity contribution in [1.29, 1.82) is 0 Å². The molecule has 158 valence electrons. The van der Waals surface area contributed by atoms with Crippen molar-refractivity contribution in [3.63, 3.8) is 0 Å². The highest BCUT2D eigenvalue weighted by atomic mass is 16.5. The molecule has 3 aromatic rings. The molecule has 1 aliphatic heterocycles. The zero-order chi connectivity index (χ0) is 21.1. The van der Waals surface area contributed by atoms with Gasteiger partial charge in [0.25, 0.3) is 0 Å². The fourth-order valence-electron chi connectivity index (χ4n) is 3.84. The van der Waals surface area contributed by atoms with Crippen LogP contribution in [-0.2, 0) is 6.54 Å². The van der Waals surface area contributed by atoms with Crippen molar-refractivity contribution < 1.29 is 9.53 Å². The van der Waals surface area contributed by atoms with Crippen LogP contribution < -0.4 is 15.0 Å². The maximum Gasteiger partial charge on any atom is 0.321 e. The van der Waals surface area contributed by atoms with Crippen molar-refractivity contribution in [2.75, 3.05) is 43.5 Å². The number of nitrogens with one attached hydrogen (secondary N) is 1. The highest BCUT2D eigenvalue weighted by molar-refractivity contribution is 5.89. The van der Waals surface area contributed by atoms with Gasteiger partial charge in [0.2, 0.25) is 5.95 Å². The number of aromatic nitrogens is 2. The monoisotopic (exact) mass is 407 g/mol. The van der Waals surface area contributed by atoms with E-state index in [1.54, 1.807) is 7.11 Å². The zero-order valence-corrected chi connectivity index (χ0v) is 17.8. The second-order valence-electron chi connectivity index (χ2n) is 8.04. The number of methoxy groups -OCH3 is 1. The summed E-state index contributed by atoms with van der Waals surface area (Å²) >= 11 is 0. The first-order valence-electron chi connectivity index (χ1n) is 10.5. The molecule has 7 nitrogen and oxygen atoms in total. The van der Waals surface area contributed by atoms with Gasteiger partial charge in [-0.25, -0.2) is 9.78 Å². The normalized spacial score (nSPS) is 14.4. The molecule has 1 aliphatic rings. The molecule has 7 heteroatoms. The van der Waals surface area contributed by atoms with Crippen molar-refractivity contribution in [2.45, 2.75) is 20.4 Å². The van der Waals surface area contributed by atoms with Crippen molar-refractivity contribution in [1.82, 2.24) is 14.5 Å². The molecule has 2 amide bonds. The first-order valence-corrected chi connectivity index (χ1v) is 10.5. The van der Waals surface area contributed by atoms with E-state index in [1.807, 2.05) is 35.2 Å². The summed E-state index contributed by atoms with van der Waals surface area (Å²) in [4.78, 5) is 21.7. The second kappa shape index (κ2) is 8.65. The lowest BCUT2D eigenvalue weighted by Crippen LogP contribution is -2.50. The van der Waals surface area contributed by atoms with Crippen LogP contribution in [0.15, 0.2) is 48.5 Å². The molecule has 0 aliphatic carbocycles. The molecule has 0 saturated carbocycles. The molecule has 1 N–H and O–H groups in total. The topological polar surface area (TPSA) is 62.6 Å². The van der Waals surface area contributed by atoms with E-state index in [0.29, 0.717) is 19.0 Å². The lowest BCUT2D eigenvalue weighted by atomic mass is 10.2. The average molecular weight is 408 g/mol. The fourth-order valence-corrected chi connectivity index (χ4v) is 3.84. The van der Waals surface area contributed by atoms with E-state index in [0.717, 1.165) is 42.5 Å². The molecule has 2 aromatic carbocycles. The van der Waals surface area contributed by atoms with Crippen LogP contribution in [-0.4, -0.2) is 53.8 Å². The molecule has 0 unspecified atom stereocenters. The number of amides is 2. The molecule has 2 heterocycles. The first-order chi connectivity index (χ1) is 14.5. The van der Waals surface area contributed by atoms with E-state index in [-0.39, 0.29) is 6.03 Å². The summed E-state index contributed by atoms with van der Waals surface area (Å²) < 4.78 is 7.48. The third-order valence-electron chi connectivity index (χ3n) is 5.37. The van der Waals surface area contributed by atoms with Crippen LogP contribution in [0, 0.1) is 5.92 Å². The van der Waals surface area contributed by atoms with Crippen molar-refractivity contribution in [3.8, 4) is 5.75 Å². The fraction of sp³-hybridized carbons (Fsp3) is 0.391. The van der Waals surface area contributed by atoms with E-state index in [2.05, 4.69) is 46.8 Å². The summed E-state index contributed by atoms with van der Waals surface area (Å²) in [5.41, 5.74) is 2.95. The van der Waals surface area contributed by atoms with Gasteiger partial charge in [-0.3, -0.25) is 0 Å². The molecule has 0 spiro atoms. The minimum absolute atomic E-state index is 0.0736. The van der Waals surface area contributed by atoms with Gasteiger partial charge in [-0.2, -0.15) is 0 Å². The van der Waals surface area contributed by atoms with E-state index in [1.165, 1.54) is 5.52 Å². The minimum Gasteiger partial charge on any atom is -0.497 e. The van der Waals surface area contributed by atoms with Crippen LogP contribution in [0.1, 0.15) is 13.8 Å². The Morgan fingerprint density at radius 1 is 1.07 bits per heavy atom. The number of imidazole rings is 1. The van der Waals surface area contributed by atoms with Gasteiger partial charge in [0.05, 0.1) is 18.1 Å². The van der Waals surface area contributed by atoms with Gasteiger partial charge in [-0.1, -0.05) is 26.0 Å². The summed E-state index contributed by atoms with van der Waals surface area (Å²) in [6, 6.07) is 15.6. The molecule has 0 radical (unpaired) electrons. The van der Waals surface area contributed by atoms with E-state index in [9.17, 15) is 4.79 Å². The number of anilines is 2. The number of rotatable bonds is 5. The number of fused-ring (bicyclic) bond motifs is 1. The van der Waals surface area contributed by atoms with E-state index >= 15 is 0 Å². The summed E-state index contributed by atoms with van der Waals surface area (Å²) in [5, 5.41) is 2.97. The number of hydrogen-bond donors (Lipinski definition) is 1. The molecule has 1 saturated heterocycles. The Hall–Kier alpha value is -3.22. The SMILES string of the molecule is COc1ccc(NC(=O)N2CCN(c3nc4ccccc4n3CC(C)C)CC2)cc1. The van der Waals surface area contributed by atoms with Crippen LogP contribution in [0.2, 0.25) is 0 Å². The number of carbonyl (C=O) groups excluding carboxylic acids is 1. The Morgan fingerprint density at radius 2 is 1.77 bits per heavy atom. The zero-order valence-electron chi connectivity index (χ0n) is 17.8. The minimum atomic E-state index is -0.0736. The maximum atomic E-state index is 12.7. The Kier molecular flexibility index (Phi) is 5.79. The number of para-hydroxylation sites is 2. The third-order valence-corrected chi connectivity index (χ3v) is 5.37. The van der Waals surface area contributed by atoms with E-state index < -0.39 is 0 Å². The predicted octanol–water partition coefficient (Wildman–Crippen LogP) is 4.06. The van der Waals surface area contributed by atoms with Crippen molar-refractivity contribution >= 4 is 28.7 Å². The van der Waals surface area contributed by atoms with Gasteiger partial charge >= 0.3 is 6.03 Å². The van der Waals surface area contributed by atoms with Crippen molar-refractivity contribution in [2.24, 2.45) is 5.92 Å². The first kappa shape index (κ1) is 20.1. The summed E-state index contributed by atoms with van der Waals surface area (Å²) in [7, 11) is 1.63. The Morgan fingerprint density at radius 3 is 2.43 bits per heavy atom. The number of nitrogens with zero attached hydrogens (tertiary/aromatic N) is 4. The number of piperazine rings is 1. The number of urea groups is 1. The van der Waals surface area contributed by atoms with Crippen molar-refractivity contribution in [3.05, 3.63) is 48.5 Å². The maximum absolute atomic E-state index is 12.7. The lowest BCUT2D eigenvalue weighted by molar-refractivity contribution is 0.208. The van der Waals surface area contributed by atoms with E-state index in [4.69, 9.17) is 9.72 Å². The van der Waals surface area contributed by atoms with Crippen LogP contribution in [0.25, 0.3) is 11.0 Å². The largest absolute Gasteiger partial charge is 0.497 e. The average Bonchev–Trinajstić information content (AvgIpc) is 3.12. The number of carbonyl (C=O) groups is 1. The molecular weight excluding hydrogens is 378 g/mol. The van der Waals surface area contributed by atoms with Crippen LogP contribution in [0.3, 0.4) is 0 Å². The molecule has 1 aromatic heterocycles. The number of hydrogen-bond acceptors (Lipinski definition) is 4. The van der Waals surface area contributed by atoms with Gasteiger partial charge in [0, 0.05) is 38.4 Å². The van der Waals surface area contributed by atoms with Crippen LogP contribution in [0.5, 0.6) is 5.75 Å².